The monoisotopic (exact) mass is 411 g/mol. The van der Waals surface area contributed by atoms with Gasteiger partial charge in [-0.1, -0.05) is 11.2 Å². The molecule has 0 spiro atoms. The van der Waals surface area contributed by atoms with E-state index >= 15 is 0 Å². The fourth-order valence-electron chi connectivity index (χ4n) is 1.71. The van der Waals surface area contributed by atoms with Gasteiger partial charge in [0.25, 0.3) is 5.89 Å². The number of hydrogen-bond donors (Lipinski definition) is 2. The summed E-state index contributed by atoms with van der Waals surface area (Å²) >= 11 is 6.68. The molecule has 2 N–H and O–H groups in total. The molecule has 2 heterocycles. The highest BCUT2D eigenvalue weighted by atomic mass is 79.9. The molecule has 0 aliphatic carbocycles. The molecule has 0 unspecified atom stereocenters. The molecule has 2 aromatic heterocycles. The van der Waals surface area contributed by atoms with Crippen molar-refractivity contribution in [2.24, 2.45) is 0 Å². The van der Waals surface area contributed by atoms with Crippen LogP contribution in [0.3, 0.4) is 0 Å². The van der Waals surface area contributed by atoms with Crippen LogP contribution in [0, 0.1) is 0 Å². The second kappa shape index (κ2) is 5.45. The number of nitrogens with zero attached hydrogens (tertiary/aromatic N) is 3. The molecular weight excluding hydrogens is 406 g/mol. The Morgan fingerprint density at radius 1 is 1.14 bits per heavy atom. The molecule has 3 rings (SSSR count). The summed E-state index contributed by atoms with van der Waals surface area (Å²) in [4.78, 5) is 8.39. The van der Waals surface area contributed by atoms with E-state index in [2.05, 4.69) is 47.0 Å². The Kier molecular flexibility index (Phi) is 3.64. The van der Waals surface area contributed by atoms with Gasteiger partial charge >= 0.3 is 0 Å². The molecule has 0 atom stereocenters. The van der Waals surface area contributed by atoms with Crippen molar-refractivity contribution >= 4 is 31.9 Å². The summed E-state index contributed by atoms with van der Waals surface area (Å²) in [5.74, 6) is -0.201. The minimum Gasteiger partial charge on any atom is -0.504 e. The fourth-order valence-corrected chi connectivity index (χ4v) is 2.88. The summed E-state index contributed by atoms with van der Waals surface area (Å²) < 4.78 is 6.63. The van der Waals surface area contributed by atoms with Crippen LogP contribution in [0.2, 0.25) is 0 Å². The highest BCUT2D eigenvalue weighted by molar-refractivity contribution is 9.11. The van der Waals surface area contributed by atoms with Gasteiger partial charge in [0, 0.05) is 15.1 Å². The Balaban J connectivity index is 2.06. The number of phenols is 2. The third kappa shape index (κ3) is 2.64. The third-order valence-corrected chi connectivity index (χ3v) is 3.73. The molecule has 21 heavy (non-hydrogen) atoms. The van der Waals surface area contributed by atoms with Gasteiger partial charge in [0.1, 0.15) is 5.69 Å². The number of aromatic nitrogens is 3. The molecule has 0 amide bonds. The van der Waals surface area contributed by atoms with Gasteiger partial charge in [0.2, 0.25) is 5.82 Å². The van der Waals surface area contributed by atoms with Crippen LogP contribution in [0.4, 0.5) is 0 Å². The Bertz CT molecular complexity index is 820. The maximum Gasteiger partial charge on any atom is 0.262 e. The quantitative estimate of drug-likeness (QED) is 0.623. The topological polar surface area (TPSA) is 92.3 Å². The van der Waals surface area contributed by atoms with E-state index in [0.717, 1.165) is 4.47 Å². The number of pyridine rings is 1. The molecule has 3 aromatic rings. The van der Waals surface area contributed by atoms with Gasteiger partial charge in [0.15, 0.2) is 11.5 Å². The lowest BCUT2D eigenvalue weighted by Gasteiger charge is -2.00. The lowest BCUT2D eigenvalue weighted by molar-refractivity contribution is 0.397. The van der Waals surface area contributed by atoms with E-state index in [4.69, 9.17) is 4.52 Å². The molecule has 6 nitrogen and oxygen atoms in total. The summed E-state index contributed by atoms with van der Waals surface area (Å²) in [5, 5.41) is 23.1. The zero-order valence-electron chi connectivity index (χ0n) is 10.3. The zero-order chi connectivity index (χ0) is 15.0. The van der Waals surface area contributed by atoms with Gasteiger partial charge in [-0.25, -0.2) is 0 Å². The van der Waals surface area contributed by atoms with Crippen molar-refractivity contribution in [1.29, 1.82) is 0 Å². The van der Waals surface area contributed by atoms with Crippen LogP contribution >= 0.6 is 31.9 Å². The second-order valence-corrected chi connectivity index (χ2v) is 5.85. The van der Waals surface area contributed by atoms with Crippen LogP contribution in [-0.4, -0.2) is 25.3 Å². The molecule has 0 bridgehead atoms. The van der Waals surface area contributed by atoms with Gasteiger partial charge in [-0.3, -0.25) is 4.98 Å². The summed E-state index contributed by atoms with van der Waals surface area (Å²) in [6, 6.07) is 6.31. The van der Waals surface area contributed by atoms with E-state index < -0.39 is 0 Å². The average molecular weight is 413 g/mol. The van der Waals surface area contributed by atoms with E-state index in [-0.39, 0.29) is 28.8 Å². The van der Waals surface area contributed by atoms with E-state index in [1.54, 1.807) is 18.3 Å². The Labute approximate surface area is 135 Å². The normalized spacial score (nSPS) is 10.8. The number of hydrogen-bond acceptors (Lipinski definition) is 6. The first-order valence-electron chi connectivity index (χ1n) is 5.72. The van der Waals surface area contributed by atoms with Crippen LogP contribution in [0.1, 0.15) is 0 Å². The Morgan fingerprint density at radius 3 is 2.71 bits per heavy atom. The smallest absolute Gasteiger partial charge is 0.262 e. The lowest BCUT2D eigenvalue weighted by atomic mass is 10.2. The van der Waals surface area contributed by atoms with E-state index in [1.165, 1.54) is 6.07 Å². The highest BCUT2D eigenvalue weighted by Gasteiger charge is 2.18. The molecule has 0 saturated carbocycles. The van der Waals surface area contributed by atoms with Crippen molar-refractivity contribution in [2.45, 2.75) is 0 Å². The highest BCUT2D eigenvalue weighted by Crippen LogP contribution is 2.36. The summed E-state index contributed by atoms with van der Waals surface area (Å²) in [6.07, 6.45) is 1.61. The molecule has 0 radical (unpaired) electrons. The standard InChI is InChI=1S/C13H7Br2N3O3/c14-6-4-8(15)10(16-5-6)12-17-13(21-18-12)7-2-1-3-9(19)11(7)20/h1-5,19-20H. The largest absolute Gasteiger partial charge is 0.504 e. The van der Waals surface area contributed by atoms with Gasteiger partial charge in [0.05, 0.1) is 5.56 Å². The van der Waals surface area contributed by atoms with Crippen LogP contribution in [0.25, 0.3) is 23.0 Å². The number of phenolic OH excluding ortho intramolecular Hbond substituents is 2. The van der Waals surface area contributed by atoms with Crippen molar-refractivity contribution in [2.75, 3.05) is 0 Å². The minimum atomic E-state index is -0.310. The van der Waals surface area contributed by atoms with Gasteiger partial charge in [-0.05, 0) is 50.1 Å². The molecule has 8 heteroatoms. The lowest BCUT2D eigenvalue weighted by Crippen LogP contribution is -1.88. The van der Waals surface area contributed by atoms with Gasteiger partial charge < -0.3 is 14.7 Å². The number of para-hydroxylation sites is 1. The first-order chi connectivity index (χ1) is 10.1. The predicted molar refractivity (Wildman–Crippen MR) is 81.7 cm³/mol. The molecule has 0 aliphatic heterocycles. The molecule has 106 valence electrons. The van der Waals surface area contributed by atoms with E-state index in [9.17, 15) is 10.2 Å². The molecular formula is C13H7Br2N3O3. The van der Waals surface area contributed by atoms with Crippen LogP contribution in [0.15, 0.2) is 43.9 Å². The molecule has 0 saturated heterocycles. The fraction of sp³-hybridized carbons (Fsp3) is 0. The molecule has 0 fully saturated rings. The first-order valence-corrected chi connectivity index (χ1v) is 7.31. The van der Waals surface area contributed by atoms with Crippen molar-refractivity contribution in [3.05, 3.63) is 39.4 Å². The molecule has 1 aromatic carbocycles. The van der Waals surface area contributed by atoms with Crippen molar-refractivity contribution in [1.82, 2.24) is 15.1 Å². The first kappa shape index (κ1) is 14.0. The van der Waals surface area contributed by atoms with E-state index in [1.807, 2.05) is 6.07 Å². The number of aromatic hydroxyl groups is 2. The maximum atomic E-state index is 9.81. The third-order valence-electron chi connectivity index (χ3n) is 2.69. The maximum absolute atomic E-state index is 9.81. The van der Waals surface area contributed by atoms with Crippen molar-refractivity contribution in [3.63, 3.8) is 0 Å². The van der Waals surface area contributed by atoms with Crippen LogP contribution in [0.5, 0.6) is 11.5 Å². The number of rotatable bonds is 2. The molecule has 0 aliphatic rings. The van der Waals surface area contributed by atoms with E-state index in [0.29, 0.717) is 10.2 Å². The SMILES string of the molecule is Oc1cccc(-c2nc(-c3ncc(Br)cc3Br)no2)c1O. The summed E-state index contributed by atoms with van der Waals surface area (Å²) in [5.41, 5.74) is 0.759. The summed E-state index contributed by atoms with van der Waals surface area (Å²) in [7, 11) is 0. The van der Waals surface area contributed by atoms with Gasteiger partial charge in [-0.15, -0.1) is 0 Å². The Hall–Kier alpha value is -1.93. The zero-order valence-corrected chi connectivity index (χ0v) is 13.5. The van der Waals surface area contributed by atoms with Gasteiger partial charge in [-0.2, -0.15) is 4.98 Å². The van der Waals surface area contributed by atoms with Crippen LogP contribution < -0.4 is 0 Å². The van der Waals surface area contributed by atoms with Crippen LogP contribution in [-0.2, 0) is 0 Å². The number of halogens is 2. The average Bonchev–Trinajstić information content (AvgIpc) is 2.91. The van der Waals surface area contributed by atoms with Crippen molar-refractivity contribution in [3.8, 4) is 34.5 Å². The second-order valence-electron chi connectivity index (χ2n) is 4.08. The number of benzene rings is 1. The Morgan fingerprint density at radius 2 is 1.95 bits per heavy atom. The minimum absolute atomic E-state index is 0.0926. The predicted octanol–water partition coefficient (Wildman–Crippen LogP) is 3.73. The van der Waals surface area contributed by atoms with Crippen molar-refractivity contribution < 1.29 is 14.7 Å². The summed E-state index contributed by atoms with van der Waals surface area (Å²) in [6.45, 7) is 0.